The largest absolute Gasteiger partial charge is 0.489 e. The average Bonchev–Trinajstić information content (AvgIpc) is 3.79. The van der Waals surface area contributed by atoms with E-state index in [1.54, 1.807) is 0 Å². The van der Waals surface area contributed by atoms with Gasteiger partial charge in [0.1, 0.15) is 12.4 Å². The van der Waals surface area contributed by atoms with Crippen molar-refractivity contribution in [3.05, 3.63) is 138 Å². The van der Waals surface area contributed by atoms with Crippen LogP contribution >= 0.6 is 0 Å². The Balaban J connectivity index is 0.00000148. The lowest BCUT2D eigenvalue weighted by Crippen LogP contribution is -2.40. The Labute approximate surface area is 216 Å². The number of hydrogen-bond acceptors (Lipinski definition) is 3. The topological polar surface area (TPSA) is 25.0 Å². The summed E-state index contributed by atoms with van der Waals surface area (Å²) in [7, 11) is 0. The van der Waals surface area contributed by atoms with Crippen LogP contribution in [-0.4, -0.2) is 23.7 Å². The zero-order valence-electron chi connectivity index (χ0n) is 21.4. The molecule has 0 spiro atoms. The van der Waals surface area contributed by atoms with Crippen LogP contribution in [0.15, 0.2) is 115 Å². The van der Waals surface area contributed by atoms with E-state index in [0.29, 0.717) is 12.6 Å². The van der Waals surface area contributed by atoms with Gasteiger partial charge in [-0.3, -0.25) is 4.90 Å². The molecule has 1 heterocycles. The Morgan fingerprint density at radius 3 is 1.61 bits per heavy atom. The molecule has 186 valence electrons. The minimum absolute atomic E-state index is 0.279. The quantitative estimate of drug-likeness (QED) is 0.211. The van der Waals surface area contributed by atoms with Crippen LogP contribution in [0, 0.1) is 0 Å². The van der Waals surface area contributed by atoms with E-state index in [1.165, 1.54) is 22.3 Å². The highest BCUT2D eigenvalue weighted by Gasteiger charge is 2.36. The van der Waals surface area contributed by atoms with E-state index < -0.39 is 0 Å². The van der Waals surface area contributed by atoms with Crippen LogP contribution in [-0.2, 0) is 30.9 Å². The summed E-state index contributed by atoms with van der Waals surface area (Å²) in [6.07, 6.45) is 1.23. The average molecular weight is 480 g/mol. The molecule has 0 saturated carbocycles. The number of epoxide rings is 1. The molecule has 0 radical (unpaired) electrons. The third kappa shape index (κ3) is 7.81. The first kappa shape index (κ1) is 25.7. The van der Waals surface area contributed by atoms with Gasteiger partial charge in [-0.1, -0.05) is 117 Å². The van der Waals surface area contributed by atoms with E-state index >= 15 is 0 Å². The maximum Gasteiger partial charge on any atom is 0.119 e. The van der Waals surface area contributed by atoms with E-state index in [9.17, 15) is 0 Å². The highest BCUT2D eigenvalue weighted by atomic mass is 16.6. The fraction of sp³-hybridized carbons (Fsp3) is 0.273. The molecule has 3 heteroatoms. The van der Waals surface area contributed by atoms with Crippen LogP contribution in [0.4, 0.5) is 0 Å². The van der Waals surface area contributed by atoms with E-state index in [0.717, 1.165) is 31.9 Å². The SMILES string of the molecule is CC.c1ccc(COc2ccc(C[C@@H](C3CO3)N(Cc3ccccc3)Cc3ccccc3)cc2)cc1. The Morgan fingerprint density at radius 1 is 0.667 bits per heavy atom. The minimum Gasteiger partial charge on any atom is -0.489 e. The molecule has 0 aliphatic carbocycles. The lowest BCUT2D eigenvalue weighted by Gasteiger charge is -2.31. The molecular weight excluding hydrogens is 442 g/mol. The summed E-state index contributed by atoms with van der Waals surface area (Å²) in [5, 5.41) is 0. The third-order valence-corrected chi connectivity index (χ3v) is 6.33. The van der Waals surface area contributed by atoms with Crippen LogP contribution < -0.4 is 4.74 Å². The fourth-order valence-corrected chi connectivity index (χ4v) is 4.40. The van der Waals surface area contributed by atoms with Crippen LogP contribution in [0.1, 0.15) is 36.1 Å². The van der Waals surface area contributed by atoms with Gasteiger partial charge in [0, 0.05) is 19.1 Å². The van der Waals surface area contributed by atoms with Gasteiger partial charge in [-0.05, 0) is 40.8 Å². The molecule has 4 aromatic rings. The van der Waals surface area contributed by atoms with Crippen molar-refractivity contribution in [2.75, 3.05) is 6.61 Å². The van der Waals surface area contributed by atoms with E-state index in [2.05, 4.69) is 102 Å². The smallest absolute Gasteiger partial charge is 0.119 e. The van der Waals surface area contributed by atoms with Gasteiger partial charge in [0.05, 0.1) is 12.7 Å². The van der Waals surface area contributed by atoms with Gasteiger partial charge < -0.3 is 9.47 Å². The Kier molecular flexibility index (Phi) is 9.72. The van der Waals surface area contributed by atoms with E-state index in [4.69, 9.17) is 9.47 Å². The molecule has 4 aromatic carbocycles. The summed E-state index contributed by atoms with van der Waals surface area (Å²) >= 11 is 0. The molecule has 1 unspecified atom stereocenters. The zero-order chi connectivity index (χ0) is 25.0. The maximum absolute atomic E-state index is 5.98. The highest BCUT2D eigenvalue weighted by Crippen LogP contribution is 2.27. The molecule has 2 atom stereocenters. The maximum atomic E-state index is 5.98. The first-order chi connectivity index (χ1) is 17.8. The van der Waals surface area contributed by atoms with Crippen LogP contribution in [0.5, 0.6) is 5.75 Å². The fourth-order valence-electron chi connectivity index (χ4n) is 4.40. The number of hydrogen-bond donors (Lipinski definition) is 0. The van der Waals surface area contributed by atoms with Crippen molar-refractivity contribution in [2.45, 2.75) is 52.1 Å². The molecule has 1 saturated heterocycles. The van der Waals surface area contributed by atoms with Gasteiger partial charge in [0.25, 0.3) is 0 Å². The van der Waals surface area contributed by atoms with Crippen LogP contribution in [0.2, 0.25) is 0 Å². The normalized spacial score (nSPS) is 15.0. The molecule has 0 bridgehead atoms. The number of nitrogens with zero attached hydrogens (tertiary/aromatic N) is 1. The van der Waals surface area contributed by atoms with Gasteiger partial charge >= 0.3 is 0 Å². The zero-order valence-corrected chi connectivity index (χ0v) is 21.4. The van der Waals surface area contributed by atoms with Gasteiger partial charge in [0.15, 0.2) is 0 Å². The third-order valence-electron chi connectivity index (χ3n) is 6.33. The second kappa shape index (κ2) is 13.6. The summed E-state index contributed by atoms with van der Waals surface area (Å²) in [6.45, 7) is 7.22. The summed E-state index contributed by atoms with van der Waals surface area (Å²) in [5.74, 6) is 0.900. The highest BCUT2D eigenvalue weighted by molar-refractivity contribution is 5.29. The van der Waals surface area contributed by atoms with Gasteiger partial charge in [-0.15, -0.1) is 0 Å². The van der Waals surface area contributed by atoms with E-state index in [-0.39, 0.29) is 6.10 Å². The monoisotopic (exact) mass is 479 g/mol. The molecule has 1 fully saturated rings. The molecule has 0 amide bonds. The minimum atomic E-state index is 0.279. The molecule has 5 rings (SSSR count). The van der Waals surface area contributed by atoms with Gasteiger partial charge in [-0.2, -0.15) is 0 Å². The first-order valence-electron chi connectivity index (χ1n) is 13.0. The predicted octanol–water partition coefficient (Wildman–Crippen LogP) is 7.30. The van der Waals surface area contributed by atoms with Gasteiger partial charge in [0.2, 0.25) is 0 Å². The lowest BCUT2D eigenvalue weighted by atomic mass is 10.00. The molecule has 1 aliphatic rings. The lowest BCUT2D eigenvalue weighted by molar-refractivity contribution is 0.144. The summed E-state index contributed by atoms with van der Waals surface area (Å²) in [6, 6.07) is 40.6. The molecule has 36 heavy (non-hydrogen) atoms. The van der Waals surface area contributed by atoms with Crippen molar-refractivity contribution >= 4 is 0 Å². The Morgan fingerprint density at radius 2 is 1.14 bits per heavy atom. The van der Waals surface area contributed by atoms with Crippen molar-refractivity contribution in [2.24, 2.45) is 0 Å². The first-order valence-corrected chi connectivity index (χ1v) is 13.0. The molecule has 3 nitrogen and oxygen atoms in total. The second-order valence-corrected chi connectivity index (χ2v) is 8.94. The van der Waals surface area contributed by atoms with Crippen molar-refractivity contribution in [3.63, 3.8) is 0 Å². The van der Waals surface area contributed by atoms with Crippen molar-refractivity contribution in [1.29, 1.82) is 0 Å². The Bertz CT molecular complexity index is 1090. The van der Waals surface area contributed by atoms with E-state index in [1.807, 2.05) is 32.0 Å². The molecular formula is C33H37NO2. The molecule has 0 N–H and O–H groups in total. The molecule has 0 aromatic heterocycles. The number of benzene rings is 4. The number of rotatable bonds is 11. The van der Waals surface area contributed by atoms with Crippen LogP contribution in [0.3, 0.4) is 0 Å². The standard InChI is InChI=1S/C31H31NO2.C2H6/c1-4-10-26(11-5-1)21-32(22-27-12-6-2-7-13-27)30(31-24-34-31)20-25-16-18-29(19-17-25)33-23-28-14-8-3-9-15-28;1-2/h1-19,30-31H,20-24H2;1-2H3/t30-,31?;/m0./s1. The summed E-state index contributed by atoms with van der Waals surface area (Å²) in [5.41, 5.74) is 5.14. The predicted molar refractivity (Wildman–Crippen MR) is 148 cm³/mol. The van der Waals surface area contributed by atoms with Crippen molar-refractivity contribution < 1.29 is 9.47 Å². The Hall–Kier alpha value is -3.40. The van der Waals surface area contributed by atoms with Crippen molar-refractivity contribution in [3.8, 4) is 5.75 Å². The van der Waals surface area contributed by atoms with Crippen molar-refractivity contribution in [1.82, 2.24) is 4.90 Å². The summed E-state index contributed by atoms with van der Waals surface area (Å²) in [4.78, 5) is 2.57. The summed E-state index contributed by atoms with van der Waals surface area (Å²) < 4.78 is 11.8. The van der Waals surface area contributed by atoms with Crippen LogP contribution in [0.25, 0.3) is 0 Å². The van der Waals surface area contributed by atoms with Gasteiger partial charge in [-0.25, -0.2) is 0 Å². The molecule has 1 aliphatic heterocycles. The number of ether oxygens (including phenoxy) is 2. The second-order valence-electron chi connectivity index (χ2n) is 8.94.